The van der Waals surface area contributed by atoms with Crippen LogP contribution in [0.4, 0.5) is 11.4 Å². The molecule has 0 spiro atoms. The normalized spacial score (nSPS) is 11.3. The van der Waals surface area contributed by atoms with Gasteiger partial charge in [0.1, 0.15) is 0 Å². The zero-order chi connectivity index (χ0) is 20.9. The number of likely N-dealkylation sites (N-methyl/N-ethyl adjacent to an activating group) is 1. The van der Waals surface area contributed by atoms with E-state index in [9.17, 15) is 23.3 Å². The van der Waals surface area contributed by atoms with Crippen molar-refractivity contribution < 1.29 is 22.9 Å². The van der Waals surface area contributed by atoms with Gasteiger partial charge in [-0.1, -0.05) is 12.1 Å². The maximum Gasteiger partial charge on any atom is 0.312 e. The summed E-state index contributed by atoms with van der Waals surface area (Å²) in [6, 6.07) is 10.4. The van der Waals surface area contributed by atoms with Gasteiger partial charge >= 0.3 is 5.69 Å². The monoisotopic (exact) mass is 425 g/mol. The molecule has 0 fully saturated rings. The number of nitrogens with one attached hydrogen (secondary N) is 1. The first-order valence-electron chi connectivity index (χ1n) is 7.92. The van der Waals surface area contributed by atoms with Gasteiger partial charge in [-0.2, -0.15) is 4.31 Å². The summed E-state index contributed by atoms with van der Waals surface area (Å²) in [5.41, 5.74) is 0.0983. The third-order valence-corrected chi connectivity index (χ3v) is 6.40. The lowest BCUT2D eigenvalue weighted by molar-refractivity contribution is -0.386. The van der Waals surface area contributed by atoms with Crippen molar-refractivity contribution in [2.75, 3.05) is 32.3 Å². The minimum absolute atomic E-state index is 0.0574. The van der Waals surface area contributed by atoms with Crippen molar-refractivity contribution in [2.24, 2.45) is 0 Å². The molecule has 2 rings (SSSR count). The Bertz CT molecular complexity index is 994. The lowest BCUT2D eigenvalue weighted by atomic mass is 10.3. The van der Waals surface area contributed by atoms with E-state index >= 15 is 0 Å². The van der Waals surface area contributed by atoms with E-state index in [4.69, 9.17) is 4.74 Å². The van der Waals surface area contributed by atoms with Crippen LogP contribution in [-0.2, 0) is 14.8 Å². The minimum atomic E-state index is -4.12. The topological polar surface area (TPSA) is 119 Å². The summed E-state index contributed by atoms with van der Waals surface area (Å²) in [5, 5.41) is 13.8. The van der Waals surface area contributed by atoms with Crippen LogP contribution in [0.1, 0.15) is 0 Å². The van der Waals surface area contributed by atoms with Crippen molar-refractivity contribution in [3.63, 3.8) is 0 Å². The highest BCUT2D eigenvalue weighted by Crippen LogP contribution is 2.30. The molecule has 9 nitrogen and oxygen atoms in total. The van der Waals surface area contributed by atoms with Gasteiger partial charge in [-0.05, 0) is 30.5 Å². The zero-order valence-corrected chi connectivity index (χ0v) is 17.0. The maximum atomic E-state index is 12.7. The number of rotatable bonds is 8. The number of hydrogen-bond donors (Lipinski definition) is 1. The molecule has 11 heteroatoms. The average molecular weight is 425 g/mol. The SMILES string of the molecule is COc1ccc(S(=O)(=O)N(C)CC(=O)Nc2ccccc2SC)cc1[N+](=O)[O-]. The predicted molar refractivity (Wildman–Crippen MR) is 106 cm³/mol. The maximum absolute atomic E-state index is 12.7. The number of thioether (sulfide) groups is 1. The fourth-order valence-electron chi connectivity index (χ4n) is 2.38. The van der Waals surface area contributed by atoms with E-state index in [2.05, 4.69) is 5.32 Å². The molecule has 0 aliphatic carbocycles. The number of sulfonamides is 1. The number of nitro benzene ring substituents is 1. The van der Waals surface area contributed by atoms with Gasteiger partial charge in [0.05, 0.1) is 29.2 Å². The van der Waals surface area contributed by atoms with E-state index in [-0.39, 0.29) is 10.6 Å². The van der Waals surface area contributed by atoms with Gasteiger partial charge in [0, 0.05) is 18.0 Å². The highest BCUT2D eigenvalue weighted by Gasteiger charge is 2.27. The first kappa shape index (κ1) is 21.7. The number of anilines is 1. The van der Waals surface area contributed by atoms with Gasteiger partial charge in [0.15, 0.2) is 5.75 Å². The van der Waals surface area contributed by atoms with Crippen LogP contribution in [0.15, 0.2) is 52.3 Å². The van der Waals surface area contributed by atoms with Gasteiger partial charge in [-0.3, -0.25) is 14.9 Å². The Kier molecular flexibility index (Phi) is 7.00. The highest BCUT2D eigenvalue weighted by atomic mass is 32.2. The van der Waals surface area contributed by atoms with E-state index in [1.54, 1.807) is 12.1 Å². The van der Waals surface area contributed by atoms with Gasteiger partial charge in [-0.15, -0.1) is 11.8 Å². The van der Waals surface area contributed by atoms with Crippen LogP contribution in [0.2, 0.25) is 0 Å². The first-order valence-corrected chi connectivity index (χ1v) is 10.6. The number of carbonyl (C=O) groups is 1. The van der Waals surface area contributed by atoms with Crippen LogP contribution < -0.4 is 10.1 Å². The summed E-state index contributed by atoms with van der Waals surface area (Å²) in [4.78, 5) is 23.2. The van der Waals surface area contributed by atoms with Crippen molar-refractivity contribution in [1.82, 2.24) is 4.31 Å². The Morgan fingerprint density at radius 3 is 2.57 bits per heavy atom. The Morgan fingerprint density at radius 2 is 1.96 bits per heavy atom. The number of para-hydroxylation sites is 1. The van der Waals surface area contributed by atoms with Gasteiger partial charge < -0.3 is 10.1 Å². The smallest absolute Gasteiger partial charge is 0.312 e. The summed E-state index contributed by atoms with van der Waals surface area (Å²) < 4.78 is 31.1. The van der Waals surface area contributed by atoms with Crippen LogP contribution >= 0.6 is 11.8 Å². The second kappa shape index (κ2) is 9.04. The third kappa shape index (κ3) is 4.80. The number of nitrogens with zero attached hydrogens (tertiary/aromatic N) is 2. The largest absolute Gasteiger partial charge is 0.490 e. The molecule has 28 heavy (non-hydrogen) atoms. The number of carbonyl (C=O) groups excluding carboxylic acids is 1. The Morgan fingerprint density at radius 1 is 1.29 bits per heavy atom. The number of ether oxygens (including phenoxy) is 1. The molecule has 2 aromatic carbocycles. The van der Waals surface area contributed by atoms with Crippen molar-refractivity contribution >= 4 is 39.1 Å². The molecule has 0 heterocycles. The molecule has 2 aromatic rings. The number of amides is 1. The standard InChI is InChI=1S/C17H19N3O6S2/c1-19(11-17(21)18-13-6-4-5-7-16(13)27-3)28(24,25)12-8-9-15(26-2)14(10-12)20(22)23/h4-10H,11H2,1-3H3,(H,18,21). The van der Waals surface area contributed by atoms with E-state index < -0.39 is 33.1 Å². The quantitative estimate of drug-likeness (QED) is 0.392. The van der Waals surface area contributed by atoms with Crippen molar-refractivity contribution in [2.45, 2.75) is 9.79 Å². The molecule has 0 bridgehead atoms. The molecular weight excluding hydrogens is 406 g/mol. The Hall–Kier alpha value is -2.63. The number of hydrogen-bond acceptors (Lipinski definition) is 7. The van der Waals surface area contributed by atoms with E-state index in [1.165, 1.54) is 38.1 Å². The highest BCUT2D eigenvalue weighted by molar-refractivity contribution is 7.98. The molecule has 0 saturated heterocycles. The fraction of sp³-hybridized carbons (Fsp3) is 0.235. The van der Waals surface area contributed by atoms with Gasteiger partial charge in [-0.25, -0.2) is 8.42 Å². The summed E-state index contributed by atoms with van der Waals surface area (Å²) in [5.74, 6) is -0.589. The Labute approximate surface area is 166 Å². The number of nitro groups is 1. The van der Waals surface area contributed by atoms with Crippen LogP contribution in [0.5, 0.6) is 5.75 Å². The second-order valence-electron chi connectivity index (χ2n) is 5.60. The van der Waals surface area contributed by atoms with Crippen LogP contribution in [0.25, 0.3) is 0 Å². The number of methoxy groups -OCH3 is 1. The van der Waals surface area contributed by atoms with E-state index in [1.807, 2.05) is 18.4 Å². The molecule has 0 atom stereocenters. The molecule has 150 valence electrons. The molecule has 0 aliphatic rings. The lowest BCUT2D eigenvalue weighted by Gasteiger charge is -2.17. The van der Waals surface area contributed by atoms with Crippen molar-refractivity contribution in [3.05, 3.63) is 52.6 Å². The van der Waals surface area contributed by atoms with Gasteiger partial charge in [0.2, 0.25) is 15.9 Å². The Balaban J connectivity index is 2.21. The van der Waals surface area contributed by atoms with Crippen LogP contribution in [-0.4, -0.2) is 50.5 Å². The molecule has 1 amide bonds. The molecule has 0 radical (unpaired) electrons. The molecule has 1 N–H and O–H groups in total. The molecule has 0 unspecified atom stereocenters. The second-order valence-corrected chi connectivity index (χ2v) is 8.49. The van der Waals surface area contributed by atoms with Gasteiger partial charge in [0.25, 0.3) is 0 Å². The molecule has 0 saturated carbocycles. The summed E-state index contributed by atoms with van der Waals surface area (Å²) in [6.07, 6.45) is 1.86. The average Bonchev–Trinajstić information content (AvgIpc) is 2.67. The molecule has 0 aliphatic heterocycles. The van der Waals surface area contributed by atoms with Crippen molar-refractivity contribution in [1.29, 1.82) is 0 Å². The van der Waals surface area contributed by atoms with E-state index in [0.29, 0.717) is 5.69 Å². The van der Waals surface area contributed by atoms with Crippen LogP contribution in [0.3, 0.4) is 0 Å². The van der Waals surface area contributed by atoms with E-state index in [0.717, 1.165) is 15.3 Å². The van der Waals surface area contributed by atoms with Crippen LogP contribution in [0, 0.1) is 10.1 Å². The summed E-state index contributed by atoms with van der Waals surface area (Å²) in [6.45, 7) is -0.453. The minimum Gasteiger partial charge on any atom is -0.490 e. The zero-order valence-electron chi connectivity index (χ0n) is 15.4. The summed E-state index contributed by atoms with van der Waals surface area (Å²) >= 11 is 1.44. The first-order chi connectivity index (χ1) is 13.2. The number of benzene rings is 2. The third-order valence-electron chi connectivity index (χ3n) is 3.80. The summed E-state index contributed by atoms with van der Waals surface area (Å²) in [7, 11) is -1.64. The molecular formula is C17H19N3O6S2. The van der Waals surface area contributed by atoms with Crippen molar-refractivity contribution in [3.8, 4) is 5.75 Å². The predicted octanol–water partition coefficient (Wildman–Crippen LogP) is 2.58. The lowest BCUT2D eigenvalue weighted by Crippen LogP contribution is -2.35. The molecule has 0 aromatic heterocycles. The fourth-order valence-corrected chi connectivity index (χ4v) is 4.08.